The summed E-state index contributed by atoms with van der Waals surface area (Å²) in [6, 6.07) is 6.06. The van der Waals surface area contributed by atoms with Crippen LogP contribution >= 0.6 is 0 Å². The number of anilines is 1. The van der Waals surface area contributed by atoms with E-state index in [-0.39, 0.29) is 0 Å². The molecule has 3 aromatic rings. The third-order valence-electron chi connectivity index (χ3n) is 5.19. The summed E-state index contributed by atoms with van der Waals surface area (Å²) in [5.41, 5.74) is 4.65. The maximum atomic E-state index is 4.85. The summed E-state index contributed by atoms with van der Waals surface area (Å²) in [5, 5.41) is 7.24. The molecule has 0 bridgehead atoms. The van der Waals surface area contributed by atoms with Crippen molar-refractivity contribution in [1.82, 2.24) is 25.1 Å². The molecule has 4 heterocycles. The molecule has 0 spiro atoms. The molecule has 1 saturated heterocycles. The third-order valence-corrected chi connectivity index (χ3v) is 5.19. The Labute approximate surface area is 153 Å². The average Bonchev–Trinajstić information content (AvgIpc) is 3.14. The lowest BCUT2D eigenvalue weighted by Crippen LogP contribution is -2.33. The highest BCUT2D eigenvalue weighted by Crippen LogP contribution is 2.31. The highest BCUT2D eigenvalue weighted by molar-refractivity contribution is 5.57. The van der Waals surface area contributed by atoms with Crippen molar-refractivity contribution in [2.24, 2.45) is 0 Å². The van der Waals surface area contributed by atoms with Gasteiger partial charge in [-0.25, -0.2) is 9.97 Å². The van der Waals surface area contributed by atoms with Gasteiger partial charge < -0.3 is 4.90 Å². The smallest absolute Gasteiger partial charge is 0.161 e. The van der Waals surface area contributed by atoms with Gasteiger partial charge in [-0.05, 0) is 49.8 Å². The summed E-state index contributed by atoms with van der Waals surface area (Å²) < 4.78 is 0. The molecular formula is C20H24N6. The molecule has 3 aromatic heterocycles. The number of aromatic nitrogens is 5. The summed E-state index contributed by atoms with van der Waals surface area (Å²) in [6.07, 6.45) is 8.70. The minimum absolute atomic E-state index is 0.581. The standard InChI is InChI=1S/C20H24N6/c1-3-17-12-19(24-20(23-17)16-4-8-21-9-5-16)26-10-6-15(7-11-26)18-13-22-25-14(18)2/h4-5,8-9,12-13,15H,3,6-7,10-11H2,1-2H3,(H,22,25). The monoisotopic (exact) mass is 348 g/mol. The van der Waals surface area contributed by atoms with Crippen LogP contribution in [0.3, 0.4) is 0 Å². The third kappa shape index (κ3) is 3.31. The van der Waals surface area contributed by atoms with E-state index in [1.165, 1.54) is 11.3 Å². The summed E-state index contributed by atoms with van der Waals surface area (Å²) in [7, 11) is 0. The molecule has 0 amide bonds. The first-order valence-electron chi connectivity index (χ1n) is 9.27. The molecule has 1 N–H and O–H groups in total. The Kier molecular flexibility index (Phi) is 4.65. The minimum atomic E-state index is 0.581. The van der Waals surface area contributed by atoms with E-state index in [9.17, 15) is 0 Å². The van der Waals surface area contributed by atoms with E-state index in [0.29, 0.717) is 5.92 Å². The van der Waals surface area contributed by atoms with Gasteiger partial charge in [-0.2, -0.15) is 5.10 Å². The number of H-pyrrole nitrogens is 1. The lowest BCUT2D eigenvalue weighted by atomic mass is 9.90. The molecule has 0 radical (unpaired) electrons. The lowest BCUT2D eigenvalue weighted by molar-refractivity contribution is 0.501. The zero-order chi connectivity index (χ0) is 17.9. The molecule has 1 aliphatic heterocycles. The van der Waals surface area contributed by atoms with E-state index < -0.39 is 0 Å². The van der Waals surface area contributed by atoms with E-state index in [4.69, 9.17) is 9.97 Å². The minimum Gasteiger partial charge on any atom is -0.356 e. The molecular weight excluding hydrogens is 324 g/mol. The Hall–Kier alpha value is -2.76. The predicted molar refractivity (Wildman–Crippen MR) is 102 cm³/mol. The molecule has 0 aliphatic carbocycles. The molecule has 0 atom stereocenters. The summed E-state index contributed by atoms with van der Waals surface area (Å²) in [6.45, 7) is 6.25. The van der Waals surface area contributed by atoms with Crippen LogP contribution in [-0.2, 0) is 6.42 Å². The second-order valence-electron chi connectivity index (χ2n) is 6.84. The number of aromatic amines is 1. The van der Waals surface area contributed by atoms with Gasteiger partial charge in [0.05, 0.1) is 6.20 Å². The van der Waals surface area contributed by atoms with Crippen LogP contribution in [0.15, 0.2) is 36.8 Å². The van der Waals surface area contributed by atoms with Crippen LogP contribution in [0.2, 0.25) is 0 Å². The highest BCUT2D eigenvalue weighted by atomic mass is 15.2. The summed E-state index contributed by atoms with van der Waals surface area (Å²) >= 11 is 0. The van der Waals surface area contributed by atoms with E-state index in [1.54, 1.807) is 12.4 Å². The Balaban J connectivity index is 1.56. The van der Waals surface area contributed by atoms with Gasteiger partial charge in [0.25, 0.3) is 0 Å². The van der Waals surface area contributed by atoms with Crippen molar-refractivity contribution in [3.05, 3.63) is 53.7 Å². The number of hydrogen-bond acceptors (Lipinski definition) is 5. The van der Waals surface area contributed by atoms with Crippen molar-refractivity contribution >= 4 is 5.82 Å². The first-order chi connectivity index (χ1) is 12.7. The van der Waals surface area contributed by atoms with E-state index in [0.717, 1.165) is 55.3 Å². The quantitative estimate of drug-likeness (QED) is 0.781. The maximum absolute atomic E-state index is 4.85. The van der Waals surface area contributed by atoms with Crippen molar-refractivity contribution in [3.8, 4) is 11.4 Å². The van der Waals surface area contributed by atoms with E-state index >= 15 is 0 Å². The number of aryl methyl sites for hydroxylation is 2. The Morgan fingerprint density at radius 2 is 1.92 bits per heavy atom. The number of nitrogens with zero attached hydrogens (tertiary/aromatic N) is 5. The fourth-order valence-electron chi connectivity index (χ4n) is 3.65. The Bertz CT molecular complexity index is 865. The van der Waals surface area contributed by atoms with Crippen LogP contribution in [0.5, 0.6) is 0 Å². The molecule has 0 aromatic carbocycles. The SMILES string of the molecule is CCc1cc(N2CCC(c3cn[nH]c3C)CC2)nc(-c2ccncc2)n1. The Morgan fingerprint density at radius 1 is 1.15 bits per heavy atom. The fourth-order valence-corrected chi connectivity index (χ4v) is 3.65. The highest BCUT2D eigenvalue weighted by Gasteiger charge is 2.24. The molecule has 6 heteroatoms. The van der Waals surface area contributed by atoms with Gasteiger partial charge in [-0.15, -0.1) is 0 Å². The van der Waals surface area contributed by atoms with E-state index in [2.05, 4.69) is 40.0 Å². The predicted octanol–water partition coefficient (Wildman–Crippen LogP) is 3.52. The van der Waals surface area contributed by atoms with Crippen molar-refractivity contribution < 1.29 is 0 Å². The van der Waals surface area contributed by atoms with Gasteiger partial charge >= 0.3 is 0 Å². The first-order valence-corrected chi connectivity index (χ1v) is 9.27. The number of pyridine rings is 1. The molecule has 26 heavy (non-hydrogen) atoms. The van der Waals surface area contributed by atoms with Gasteiger partial charge in [0, 0.05) is 48.5 Å². The van der Waals surface area contributed by atoms with Gasteiger partial charge in [-0.3, -0.25) is 10.1 Å². The van der Waals surface area contributed by atoms with Crippen LogP contribution in [-0.4, -0.2) is 38.2 Å². The van der Waals surface area contributed by atoms with Crippen molar-refractivity contribution in [3.63, 3.8) is 0 Å². The largest absolute Gasteiger partial charge is 0.356 e. The van der Waals surface area contributed by atoms with Gasteiger partial charge in [0.1, 0.15) is 5.82 Å². The van der Waals surface area contributed by atoms with Crippen LogP contribution in [0.4, 0.5) is 5.82 Å². The topological polar surface area (TPSA) is 70.6 Å². The average molecular weight is 348 g/mol. The van der Waals surface area contributed by atoms with Gasteiger partial charge in [-0.1, -0.05) is 6.92 Å². The molecule has 0 unspecified atom stereocenters. The molecule has 134 valence electrons. The van der Waals surface area contributed by atoms with Crippen molar-refractivity contribution in [1.29, 1.82) is 0 Å². The molecule has 0 saturated carbocycles. The first kappa shape index (κ1) is 16.7. The van der Waals surface area contributed by atoms with E-state index in [1.807, 2.05) is 18.3 Å². The molecule has 1 aliphatic rings. The summed E-state index contributed by atoms with van der Waals surface area (Å²) in [5.74, 6) is 2.40. The zero-order valence-corrected chi connectivity index (χ0v) is 15.3. The molecule has 4 rings (SSSR count). The maximum Gasteiger partial charge on any atom is 0.161 e. The lowest BCUT2D eigenvalue weighted by Gasteiger charge is -2.33. The second kappa shape index (κ2) is 7.23. The number of hydrogen-bond donors (Lipinski definition) is 1. The normalized spacial score (nSPS) is 15.4. The Morgan fingerprint density at radius 3 is 2.58 bits per heavy atom. The van der Waals surface area contributed by atoms with Crippen LogP contribution < -0.4 is 4.90 Å². The second-order valence-corrected chi connectivity index (χ2v) is 6.84. The number of rotatable bonds is 4. The number of nitrogens with one attached hydrogen (secondary N) is 1. The van der Waals surface area contributed by atoms with Crippen LogP contribution in [0, 0.1) is 6.92 Å². The summed E-state index contributed by atoms with van der Waals surface area (Å²) in [4.78, 5) is 16.0. The van der Waals surface area contributed by atoms with Crippen LogP contribution in [0.25, 0.3) is 11.4 Å². The number of piperidine rings is 1. The van der Waals surface area contributed by atoms with Crippen LogP contribution in [0.1, 0.15) is 42.6 Å². The van der Waals surface area contributed by atoms with Gasteiger partial charge in [0.15, 0.2) is 5.82 Å². The fraction of sp³-hybridized carbons (Fsp3) is 0.400. The molecule has 1 fully saturated rings. The van der Waals surface area contributed by atoms with Crippen molar-refractivity contribution in [2.45, 2.75) is 39.0 Å². The van der Waals surface area contributed by atoms with Crippen molar-refractivity contribution in [2.75, 3.05) is 18.0 Å². The zero-order valence-electron chi connectivity index (χ0n) is 15.3. The van der Waals surface area contributed by atoms with Gasteiger partial charge in [0.2, 0.25) is 0 Å². The molecule has 6 nitrogen and oxygen atoms in total.